The molecule has 1 aromatic carbocycles. The van der Waals surface area contributed by atoms with Gasteiger partial charge in [0.05, 0.1) is 0 Å². The van der Waals surface area contributed by atoms with E-state index in [1.807, 2.05) is 0 Å². The van der Waals surface area contributed by atoms with Gasteiger partial charge in [-0.3, -0.25) is 0 Å². The first-order chi connectivity index (χ1) is 7.06. The molecule has 1 aromatic rings. The number of hydrogen-bond acceptors (Lipinski definition) is 0. The number of rotatable bonds is 4. The van der Waals surface area contributed by atoms with E-state index >= 15 is 0 Å². The summed E-state index contributed by atoms with van der Waals surface area (Å²) in [6.07, 6.45) is 1.18. The molecule has 1 rings (SSSR count). The zero-order valence-corrected chi connectivity index (χ0v) is 12.7. The molecule has 15 heavy (non-hydrogen) atoms. The zero-order chi connectivity index (χ0) is 11.4. The fraction of sp³-hybridized carbons (Fsp3) is 0.538. The van der Waals surface area contributed by atoms with E-state index in [0.29, 0.717) is 16.7 Å². The maximum Gasteiger partial charge on any atom is 0.0237 e. The maximum atomic E-state index is 3.81. The summed E-state index contributed by atoms with van der Waals surface area (Å²) in [6, 6.07) is 8.68. The minimum absolute atomic E-state index is 0.559. The Kier molecular flexibility index (Phi) is 5.34. The summed E-state index contributed by atoms with van der Waals surface area (Å²) in [5.74, 6) is 1.27. The van der Waals surface area contributed by atoms with Gasteiger partial charge in [-0.2, -0.15) is 0 Å². The molecule has 2 atom stereocenters. The third-order valence-corrected chi connectivity index (χ3v) is 4.98. The summed E-state index contributed by atoms with van der Waals surface area (Å²) in [5, 5.41) is 0. The van der Waals surface area contributed by atoms with Crippen molar-refractivity contribution in [1.29, 1.82) is 0 Å². The van der Waals surface area contributed by atoms with Gasteiger partial charge < -0.3 is 0 Å². The van der Waals surface area contributed by atoms with Gasteiger partial charge in [-0.25, -0.2) is 0 Å². The molecule has 0 amide bonds. The molecule has 0 bridgehead atoms. The van der Waals surface area contributed by atoms with Crippen LogP contribution in [0.25, 0.3) is 0 Å². The Morgan fingerprint density at radius 1 is 1.13 bits per heavy atom. The van der Waals surface area contributed by atoms with Crippen LogP contribution in [-0.2, 0) is 0 Å². The van der Waals surface area contributed by atoms with Crippen molar-refractivity contribution in [2.24, 2.45) is 5.92 Å². The molecule has 0 aliphatic heterocycles. The molecular formula is C13H18Br2. The molecule has 0 saturated carbocycles. The summed E-state index contributed by atoms with van der Waals surface area (Å²) in [7, 11) is 0. The average molecular weight is 334 g/mol. The van der Waals surface area contributed by atoms with E-state index in [2.05, 4.69) is 76.9 Å². The van der Waals surface area contributed by atoms with Crippen LogP contribution in [0.3, 0.4) is 0 Å². The predicted molar refractivity (Wildman–Crippen MR) is 74.7 cm³/mol. The molecule has 84 valence electrons. The third-order valence-electron chi connectivity index (χ3n) is 2.76. The van der Waals surface area contributed by atoms with E-state index in [-0.39, 0.29) is 0 Å². The number of halogens is 2. The summed E-state index contributed by atoms with van der Waals surface area (Å²) in [5.41, 5.74) is 1.43. The fourth-order valence-electron chi connectivity index (χ4n) is 1.82. The lowest BCUT2D eigenvalue weighted by molar-refractivity contribution is 0.514. The van der Waals surface area contributed by atoms with Crippen LogP contribution in [0.4, 0.5) is 0 Å². The highest BCUT2D eigenvalue weighted by molar-refractivity contribution is 9.10. The summed E-state index contributed by atoms with van der Waals surface area (Å²) in [4.78, 5) is 0.559. The van der Waals surface area contributed by atoms with Crippen molar-refractivity contribution in [3.63, 3.8) is 0 Å². The Labute approximate surface area is 110 Å². The van der Waals surface area contributed by atoms with Crippen LogP contribution >= 0.6 is 31.9 Å². The van der Waals surface area contributed by atoms with Crippen LogP contribution in [-0.4, -0.2) is 4.83 Å². The van der Waals surface area contributed by atoms with Crippen molar-refractivity contribution in [3.8, 4) is 0 Å². The van der Waals surface area contributed by atoms with Crippen LogP contribution < -0.4 is 0 Å². The third kappa shape index (κ3) is 3.60. The molecule has 0 N–H and O–H groups in total. The Balaban J connectivity index is 2.87. The van der Waals surface area contributed by atoms with Gasteiger partial charge in [0.15, 0.2) is 0 Å². The highest BCUT2D eigenvalue weighted by Gasteiger charge is 2.21. The Morgan fingerprint density at radius 3 is 2.07 bits per heavy atom. The quantitative estimate of drug-likeness (QED) is 0.650. The first-order valence-corrected chi connectivity index (χ1v) is 7.16. The van der Waals surface area contributed by atoms with Crippen LogP contribution in [0.5, 0.6) is 0 Å². The predicted octanol–water partition coefficient (Wildman–Crippen LogP) is 5.36. The summed E-state index contributed by atoms with van der Waals surface area (Å²) < 4.78 is 1.15. The van der Waals surface area contributed by atoms with Crippen LogP contribution in [0, 0.1) is 5.92 Å². The van der Waals surface area contributed by atoms with Gasteiger partial charge in [0, 0.05) is 9.30 Å². The summed E-state index contributed by atoms with van der Waals surface area (Å²) >= 11 is 7.28. The number of alkyl halides is 1. The zero-order valence-electron chi connectivity index (χ0n) is 9.50. The van der Waals surface area contributed by atoms with Crippen LogP contribution in [0.15, 0.2) is 28.7 Å². The Bertz CT molecular complexity index is 290. The van der Waals surface area contributed by atoms with Crippen LogP contribution in [0.2, 0.25) is 0 Å². The van der Waals surface area contributed by atoms with E-state index in [9.17, 15) is 0 Å². The van der Waals surface area contributed by atoms with E-state index < -0.39 is 0 Å². The molecule has 0 aromatic heterocycles. The number of hydrogen-bond donors (Lipinski definition) is 0. The molecule has 0 aliphatic carbocycles. The van der Waals surface area contributed by atoms with Gasteiger partial charge in [0.2, 0.25) is 0 Å². The number of benzene rings is 1. The second-order valence-electron chi connectivity index (χ2n) is 4.25. The molecule has 0 spiro atoms. The lowest BCUT2D eigenvalue weighted by Gasteiger charge is -2.24. The van der Waals surface area contributed by atoms with Crippen molar-refractivity contribution in [3.05, 3.63) is 34.3 Å². The molecule has 2 heteroatoms. The molecule has 0 nitrogen and oxygen atoms in total. The second-order valence-corrected chi connectivity index (χ2v) is 6.23. The van der Waals surface area contributed by atoms with Crippen molar-refractivity contribution < 1.29 is 0 Å². The molecular weight excluding hydrogens is 316 g/mol. The highest BCUT2D eigenvalue weighted by Crippen LogP contribution is 2.33. The van der Waals surface area contributed by atoms with E-state index in [0.717, 1.165) is 4.47 Å². The summed E-state index contributed by atoms with van der Waals surface area (Å²) in [6.45, 7) is 6.78. The normalized spacial score (nSPS) is 15.3. The smallest absolute Gasteiger partial charge is 0.0237 e. The van der Waals surface area contributed by atoms with Gasteiger partial charge >= 0.3 is 0 Å². The molecule has 0 aliphatic rings. The molecule has 2 unspecified atom stereocenters. The van der Waals surface area contributed by atoms with E-state index in [1.165, 1.54) is 12.0 Å². The van der Waals surface area contributed by atoms with Crippen molar-refractivity contribution >= 4 is 31.9 Å². The fourth-order valence-corrected chi connectivity index (χ4v) is 2.76. The first-order valence-electron chi connectivity index (χ1n) is 5.45. The van der Waals surface area contributed by atoms with E-state index in [1.54, 1.807) is 0 Å². The van der Waals surface area contributed by atoms with Gasteiger partial charge in [0.25, 0.3) is 0 Å². The second kappa shape index (κ2) is 6.05. The lowest BCUT2D eigenvalue weighted by Crippen LogP contribution is -2.17. The average Bonchev–Trinajstić information content (AvgIpc) is 2.21. The van der Waals surface area contributed by atoms with Crippen molar-refractivity contribution in [2.45, 2.75) is 37.9 Å². The standard InChI is InChI=1S/C13H18Br2/c1-4-12(13(15)9(2)3)10-5-7-11(14)8-6-10/h5-9,12-13H,4H2,1-3H3. The maximum absolute atomic E-state index is 3.81. The van der Waals surface area contributed by atoms with Gasteiger partial charge in [0.1, 0.15) is 0 Å². The molecule has 0 fully saturated rings. The topological polar surface area (TPSA) is 0 Å². The van der Waals surface area contributed by atoms with Gasteiger partial charge in [-0.1, -0.05) is 64.8 Å². The minimum Gasteiger partial charge on any atom is -0.0881 e. The SMILES string of the molecule is CCC(c1ccc(Br)cc1)C(Br)C(C)C. The lowest BCUT2D eigenvalue weighted by atomic mass is 9.88. The highest BCUT2D eigenvalue weighted by atomic mass is 79.9. The van der Waals surface area contributed by atoms with E-state index in [4.69, 9.17) is 0 Å². The van der Waals surface area contributed by atoms with Crippen molar-refractivity contribution in [2.75, 3.05) is 0 Å². The molecule has 0 heterocycles. The van der Waals surface area contributed by atoms with Crippen LogP contribution in [0.1, 0.15) is 38.7 Å². The first kappa shape index (κ1) is 13.2. The Hall–Kier alpha value is 0.180. The molecule has 0 radical (unpaired) electrons. The van der Waals surface area contributed by atoms with Gasteiger partial charge in [-0.15, -0.1) is 0 Å². The largest absolute Gasteiger partial charge is 0.0881 e. The molecule has 0 saturated heterocycles. The van der Waals surface area contributed by atoms with Crippen molar-refractivity contribution in [1.82, 2.24) is 0 Å². The van der Waals surface area contributed by atoms with Gasteiger partial charge in [-0.05, 0) is 36.0 Å². The monoisotopic (exact) mass is 332 g/mol. The minimum atomic E-state index is 0.559. The Morgan fingerprint density at radius 2 is 1.67 bits per heavy atom.